The van der Waals surface area contributed by atoms with Crippen LogP contribution >= 0.6 is 15.9 Å². The highest BCUT2D eigenvalue weighted by Gasteiger charge is 2.38. The van der Waals surface area contributed by atoms with Gasteiger partial charge in [-0.1, -0.05) is 15.9 Å². The highest BCUT2D eigenvalue weighted by molar-refractivity contribution is 9.08. The van der Waals surface area contributed by atoms with Crippen LogP contribution in [0.3, 0.4) is 0 Å². The number of hydrogen-bond acceptors (Lipinski definition) is 4. The van der Waals surface area contributed by atoms with E-state index in [1.807, 2.05) is 0 Å². The van der Waals surface area contributed by atoms with Crippen molar-refractivity contribution >= 4 is 21.9 Å². The fraction of sp³-hybridized carbons (Fsp3) is 0.455. The predicted octanol–water partition coefficient (Wildman–Crippen LogP) is 3.61. The molecule has 0 fully saturated rings. The average Bonchev–Trinajstić information content (AvgIpc) is 2.37. The van der Waals surface area contributed by atoms with Gasteiger partial charge >= 0.3 is 18.5 Å². The molecular weight excluding hydrogens is 388 g/mol. The topological polar surface area (TPSA) is 48.4 Å². The Kier molecular flexibility index (Phi) is 5.65. The predicted molar refractivity (Wildman–Crippen MR) is 64.3 cm³/mol. The molecule has 0 atom stereocenters. The second-order valence-electron chi connectivity index (χ2n) is 3.87. The molecule has 0 aliphatic heterocycles. The van der Waals surface area contributed by atoms with Crippen molar-refractivity contribution in [3.63, 3.8) is 0 Å². The fourth-order valence-corrected chi connectivity index (χ4v) is 2.20. The maximum Gasteiger partial charge on any atom is 0.574 e. The van der Waals surface area contributed by atoms with Gasteiger partial charge in [0.05, 0.1) is 19.1 Å². The average molecular weight is 396 g/mol. The number of ether oxygens (including phenoxy) is 2. The molecule has 1 aromatic rings. The van der Waals surface area contributed by atoms with Gasteiger partial charge in [0.1, 0.15) is 0 Å². The first-order valence-electron chi connectivity index (χ1n) is 5.46. The third-order valence-corrected chi connectivity index (χ3v) is 3.02. The monoisotopic (exact) mass is 395 g/mol. The minimum Gasteiger partial charge on any atom is -0.469 e. The van der Waals surface area contributed by atoms with Crippen molar-refractivity contribution in [3.05, 3.63) is 22.9 Å². The second kappa shape index (κ2) is 6.71. The maximum atomic E-state index is 12.9. The highest BCUT2D eigenvalue weighted by atomic mass is 79.9. The SMILES string of the molecule is COC(=O)Cc1c(OC(F)(F)F)ncc(C(F)(F)F)c1CBr. The van der Waals surface area contributed by atoms with Crippen molar-refractivity contribution in [2.45, 2.75) is 24.3 Å². The van der Waals surface area contributed by atoms with Crippen LogP contribution in [0, 0.1) is 0 Å². The lowest BCUT2D eigenvalue weighted by Crippen LogP contribution is -2.22. The first-order chi connectivity index (χ1) is 9.99. The number of aromatic nitrogens is 1. The number of alkyl halides is 7. The van der Waals surface area contributed by atoms with Gasteiger partial charge in [0, 0.05) is 17.1 Å². The minimum absolute atomic E-state index is 0.221. The van der Waals surface area contributed by atoms with E-state index in [1.54, 1.807) is 0 Å². The molecule has 1 rings (SSSR count). The number of carbonyl (C=O) groups is 1. The molecule has 0 saturated carbocycles. The molecule has 0 aliphatic carbocycles. The molecule has 1 aromatic heterocycles. The van der Waals surface area contributed by atoms with Crippen molar-refractivity contribution in [2.24, 2.45) is 0 Å². The molecule has 4 nitrogen and oxygen atoms in total. The molecule has 0 spiro atoms. The molecule has 1 heterocycles. The van der Waals surface area contributed by atoms with Crippen LogP contribution < -0.4 is 4.74 Å². The van der Waals surface area contributed by atoms with E-state index >= 15 is 0 Å². The Bertz CT molecular complexity index is 558. The number of carbonyl (C=O) groups excluding carboxylic acids is 1. The molecule has 0 bridgehead atoms. The van der Waals surface area contributed by atoms with Gasteiger partial charge in [0.15, 0.2) is 0 Å². The van der Waals surface area contributed by atoms with Gasteiger partial charge in [-0.05, 0) is 5.56 Å². The Hall–Kier alpha value is -1.52. The van der Waals surface area contributed by atoms with Gasteiger partial charge in [-0.25, -0.2) is 4.98 Å². The van der Waals surface area contributed by atoms with Crippen LogP contribution in [0.5, 0.6) is 5.88 Å². The normalized spacial score (nSPS) is 12.2. The van der Waals surface area contributed by atoms with Crippen molar-refractivity contribution in [3.8, 4) is 5.88 Å². The molecule has 0 amide bonds. The van der Waals surface area contributed by atoms with Crippen molar-refractivity contribution in [1.29, 1.82) is 0 Å². The summed E-state index contributed by atoms with van der Waals surface area (Å²) in [4.78, 5) is 14.3. The van der Waals surface area contributed by atoms with Gasteiger partial charge in [0.25, 0.3) is 0 Å². The molecule has 0 aliphatic rings. The zero-order chi connectivity index (χ0) is 17.1. The van der Waals surface area contributed by atoms with E-state index in [-0.39, 0.29) is 6.20 Å². The largest absolute Gasteiger partial charge is 0.574 e. The van der Waals surface area contributed by atoms with E-state index < -0.39 is 52.8 Å². The summed E-state index contributed by atoms with van der Waals surface area (Å²) in [5.41, 5.74) is -2.49. The van der Waals surface area contributed by atoms with Gasteiger partial charge in [-0.3, -0.25) is 4.79 Å². The number of halogens is 7. The van der Waals surface area contributed by atoms with E-state index in [4.69, 9.17) is 0 Å². The zero-order valence-electron chi connectivity index (χ0n) is 10.8. The highest BCUT2D eigenvalue weighted by Crippen LogP contribution is 2.38. The Morgan fingerprint density at radius 3 is 2.23 bits per heavy atom. The molecular formula is C11H8BrF6NO3. The van der Waals surface area contributed by atoms with Gasteiger partial charge in [0.2, 0.25) is 5.88 Å². The Labute approximate surface area is 128 Å². The van der Waals surface area contributed by atoms with Crippen LogP contribution in [0.25, 0.3) is 0 Å². The summed E-state index contributed by atoms with van der Waals surface area (Å²) < 4.78 is 83.3. The number of nitrogens with zero attached hydrogens (tertiary/aromatic N) is 1. The number of methoxy groups -OCH3 is 1. The first kappa shape index (κ1) is 18.5. The lowest BCUT2D eigenvalue weighted by molar-refractivity contribution is -0.276. The minimum atomic E-state index is -5.17. The van der Waals surface area contributed by atoms with Crippen LogP contribution in [0.1, 0.15) is 16.7 Å². The van der Waals surface area contributed by atoms with Crippen molar-refractivity contribution < 1.29 is 40.6 Å². The second-order valence-corrected chi connectivity index (χ2v) is 4.43. The molecule has 11 heteroatoms. The lowest BCUT2D eigenvalue weighted by Gasteiger charge is -2.18. The maximum absolute atomic E-state index is 12.9. The summed E-state index contributed by atoms with van der Waals surface area (Å²) in [7, 11) is 0.946. The van der Waals surface area contributed by atoms with Gasteiger partial charge in [-0.15, -0.1) is 13.2 Å². The van der Waals surface area contributed by atoms with Crippen LogP contribution in [-0.2, 0) is 27.5 Å². The summed E-state index contributed by atoms with van der Waals surface area (Å²) in [5, 5.41) is -0.453. The van der Waals surface area contributed by atoms with E-state index in [2.05, 4.69) is 30.4 Å². The van der Waals surface area contributed by atoms with Gasteiger partial charge in [-0.2, -0.15) is 13.2 Å². The van der Waals surface area contributed by atoms with Crippen LogP contribution in [-0.4, -0.2) is 24.4 Å². The smallest absolute Gasteiger partial charge is 0.469 e. The van der Waals surface area contributed by atoms with E-state index in [0.717, 1.165) is 7.11 Å². The third-order valence-electron chi connectivity index (χ3n) is 2.46. The fourth-order valence-electron chi connectivity index (χ4n) is 1.56. The third kappa shape index (κ3) is 4.75. The lowest BCUT2D eigenvalue weighted by atomic mass is 10.0. The van der Waals surface area contributed by atoms with Crippen LogP contribution in [0.4, 0.5) is 26.3 Å². The molecule has 0 saturated heterocycles. The standard InChI is InChI=1S/C11H8BrF6NO3/c1-21-8(20)2-5-6(3-12)7(10(13,14)15)4-19-9(5)22-11(16,17)18/h4H,2-3H2,1H3. The van der Waals surface area contributed by atoms with Crippen molar-refractivity contribution in [2.75, 3.05) is 7.11 Å². The number of hydrogen-bond donors (Lipinski definition) is 0. The van der Waals surface area contributed by atoms with Crippen LogP contribution in [0.15, 0.2) is 6.20 Å². The van der Waals surface area contributed by atoms with Gasteiger partial charge < -0.3 is 9.47 Å². The van der Waals surface area contributed by atoms with E-state index in [1.165, 1.54) is 0 Å². The van der Waals surface area contributed by atoms with E-state index in [9.17, 15) is 31.1 Å². The summed E-state index contributed by atoms with van der Waals surface area (Å²) in [6.07, 6.45) is -10.6. The number of esters is 1. The first-order valence-corrected chi connectivity index (χ1v) is 6.58. The Morgan fingerprint density at radius 1 is 1.23 bits per heavy atom. The number of rotatable bonds is 4. The molecule has 0 unspecified atom stereocenters. The summed E-state index contributed by atoms with van der Waals surface area (Å²) in [6, 6.07) is 0. The van der Waals surface area contributed by atoms with Crippen molar-refractivity contribution in [1.82, 2.24) is 4.98 Å². The quantitative estimate of drug-likeness (QED) is 0.444. The summed E-state index contributed by atoms with van der Waals surface area (Å²) >= 11 is 2.76. The molecule has 0 N–H and O–H groups in total. The molecule has 0 aromatic carbocycles. The molecule has 124 valence electrons. The zero-order valence-corrected chi connectivity index (χ0v) is 12.4. The van der Waals surface area contributed by atoms with Crippen LogP contribution in [0.2, 0.25) is 0 Å². The molecule has 0 radical (unpaired) electrons. The number of pyridine rings is 1. The summed E-state index contributed by atoms with van der Waals surface area (Å²) in [6.45, 7) is 0. The Morgan fingerprint density at radius 2 is 1.82 bits per heavy atom. The molecule has 22 heavy (non-hydrogen) atoms. The van der Waals surface area contributed by atoms with E-state index in [0.29, 0.717) is 0 Å². The Balaban J connectivity index is 3.49. The summed E-state index contributed by atoms with van der Waals surface area (Å²) in [5.74, 6) is -2.16.